The minimum absolute atomic E-state index is 0.0776. The molecule has 0 spiro atoms. The van der Waals surface area contributed by atoms with E-state index in [0.717, 1.165) is 10.1 Å². The van der Waals surface area contributed by atoms with Gasteiger partial charge in [-0.25, -0.2) is 8.42 Å². The summed E-state index contributed by atoms with van der Waals surface area (Å²) in [6, 6.07) is 5.49. The molecule has 5 nitrogen and oxygen atoms in total. The summed E-state index contributed by atoms with van der Waals surface area (Å²) in [5.74, 6) is -2.21. The molecule has 0 saturated heterocycles. The van der Waals surface area contributed by atoms with Gasteiger partial charge < -0.3 is 4.57 Å². The Morgan fingerprint density at radius 3 is 2.09 bits per heavy atom. The molecule has 3 aromatic rings. The lowest BCUT2D eigenvalue weighted by Crippen LogP contribution is -2.48. The molecule has 3 rings (SSSR count). The van der Waals surface area contributed by atoms with E-state index in [2.05, 4.69) is 0 Å². The maximum Gasteiger partial charge on any atom is 0.454 e. The Kier molecular flexibility index (Phi) is 6.61. The fourth-order valence-electron chi connectivity index (χ4n) is 3.97. The lowest BCUT2D eigenvalue weighted by atomic mass is 10.1. The molecule has 0 amide bonds. The number of ketones is 1. The van der Waals surface area contributed by atoms with Gasteiger partial charge in [0.05, 0.1) is 10.5 Å². The molecule has 0 aliphatic carbocycles. The van der Waals surface area contributed by atoms with E-state index in [1.54, 1.807) is 11.6 Å². The average molecular weight is 506 g/mol. The minimum Gasteiger partial charge on any atom is -0.345 e. The SMILES string of the molecule is Cc1cc(C)c(S(=O)(=O)NC(Cn2cc(C(=O)C(F)(F)F)c3ccccc32)C(F)(F)F)c(C)c1. The molecule has 0 bridgehead atoms. The number of nitrogens with one attached hydrogen (secondary N) is 1. The number of para-hydroxylation sites is 1. The van der Waals surface area contributed by atoms with E-state index in [1.807, 2.05) is 0 Å². The molecular formula is C22H20F6N2O3S. The molecular weight excluding hydrogens is 486 g/mol. The van der Waals surface area contributed by atoms with Crippen molar-refractivity contribution in [2.45, 2.75) is 50.6 Å². The Bertz CT molecular complexity index is 1330. The number of nitrogens with zero attached hydrogens (tertiary/aromatic N) is 1. The van der Waals surface area contributed by atoms with Gasteiger partial charge in [-0.2, -0.15) is 31.1 Å². The Balaban J connectivity index is 2.06. The molecule has 1 unspecified atom stereocenters. The topological polar surface area (TPSA) is 68.2 Å². The number of hydrogen-bond acceptors (Lipinski definition) is 3. The second kappa shape index (κ2) is 8.73. The highest BCUT2D eigenvalue weighted by Crippen LogP contribution is 2.31. The van der Waals surface area contributed by atoms with E-state index < -0.39 is 46.3 Å². The minimum atomic E-state index is -5.24. The molecule has 0 aliphatic heterocycles. The van der Waals surface area contributed by atoms with Gasteiger partial charge in [0, 0.05) is 23.6 Å². The first-order chi connectivity index (χ1) is 15.5. The first-order valence-electron chi connectivity index (χ1n) is 9.88. The summed E-state index contributed by atoms with van der Waals surface area (Å²) >= 11 is 0. The maximum atomic E-state index is 13.9. The molecule has 0 fully saturated rings. The first-order valence-corrected chi connectivity index (χ1v) is 11.4. The van der Waals surface area contributed by atoms with Crippen LogP contribution in [0.2, 0.25) is 0 Å². The van der Waals surface area contributed by atoms with Crippen molar-refractivity contribution in [2.24, 2.45) is 0 Å². The van der Waals surface area contributed by atoms with Crippen LogP contribution >= 0.6 is 0 Å². The van der Waals surface area contributed by atoms with E-state index in [4.69, 9.17) is 0 Å². The second-order valence-corrected chi connectivity index (χ2v) is 9.63. The van der Waals surface area contributed by atoms with E-state index in [9.17, 15) is 39.6 Å². The monoisotopic (exact) mass is 506 g/mol. The van der Waals surface area contributed by atoms with E-state index >= 15 is 0 Å². The fourth-order valence-corrected chi connectivity index (χ4v) is 5.64. The molecule has 1 heterocycles. The number of halogens is 6. The Morgan fingerprint density at radius 1 is 1.00 bits per heavy atom. The summed E-state index contributed by atoms with van der Waals surface area (Å²) in [5.41, 5.74) is 0.316. The van der Waals surface area contributed by atoms with Crippen LogP contribution in [0.1, 0.15) is 27.0 Å². The van der Waals surface area contributed by atoms with E-state index in [1.165, 1.54) is 50.2 Å². The predicted molar refractivity (Wildman–Crippen MR) is 113 cm³/mol. The van der Waals surface area contributed by atoms with Gasteiger partial charge in [-0.1, -0.05) is 35.9 Å². The highest BCUT2D eigenvalue weighted by Gasteiger charge is 2.44. The molecule has 0 radical (unpaired) electrons. The third-order valence-corrected chi connectivity index (χ3v) is 7.01. The van der Waals surface area contributed by atoms with Crippen LogP contribution in [0.4, 0.5) is 26.3 Å². The van der Waals surface area contributed by atoms with E-state index in [0.29, 0.717) is 6.20 Å². The number of alkyl halides is 6. The number of sulfonamides is 1. The Labute approximate surface area is 191 Å². The van der Waals surface area contributed by atoms with Gasteiger partial charge in [0.15, 0.2) is 0 Å². The van der Waals surface area contributed by atoms with Gasteiger partial charge >= 0.3 is 12.4 Å². The van der Waals surface area contributed by atoms with Crippen molar-refractivity contribution in [3.63, 3.8) is 0 Å². The summed E-state index contributed by atoms with van der Waals surface area (Å²) < 4.78 is 109. The summed E-state index contributed by atoms with van der Waals surface area (Å²) in [6.07, 6.45) is -9.66. The molecule has 1 N–H and O–H groups in total. The van der Waals surface area contributed by atoms with Crippen molar-refractivity contribution in [1.29, 1.82) is 0 Å². The molecule has 2 aromatic carbocycles. The third-order valence-electron chi connectivity index (χ3n) is 5.24. The van der Waals surface area contributed by atoms with Crippen molar-refractivity contribution >= 4 is 26.7 Å². The molecule has 1 atom stereocenters. The van der Waals surface area contributed by atoms with Crippen LogP contribution in [0.3, 0.4) is 0 Å². The molecule has 184 valence electrons. The van der Waals surface area contributed by atoms with Crippen molar-refractivity contribution in [3.8, 4) is 0 Å². The summed E-state index contributed by atoms with van der Waals surface area (Å²) in [5, 5.41) is -0.196. The highest BCUT2D eigenvalue weighted by molar-refractivity contribution is 7.89. The van der Waals surface area contributed by atoms with Gasteiger partial charge in [0.1, 0.15) is 6.04 Å². The number of Topliss-reactive ketones (excluding diaryl/α,β-unsaturated/α-hetero) is 1. The number of aromatic nitrogens is 1. The average Bonchev–Trinajstić information content (AvgIpc) is 3.02. The molecule has 1 aromatic heterocycles. The molecule has 0 aliphatic rings. The number of hydrogen-bond donors (Lipinski definition) is 1. The number of aryl methyl sites for hydroxylation is 3. The normalized spacial score (nSPS) is 13.9. The zero-order chi connectivity index (χ0) is 25.6. The van der Waals surface area contributed by atoms with Gasteiger partial charge in [0.2, 0.25) is 10.0 Å². The first kappa shape index (κ1) is 25.8. The second-order valence-electron chi connectivity index (χ2n) is 7.98. The Hall–Kier alpha value is -2.86. The smallest absolute Gasteiger partial charge is 0.345 e. The lowest BCUT2D eigenvalue weighted by molar-refractivity contribution is -0.154. The molecule has 12 heteroatoms. The largest absolute Gasteiger partial charge is 0.454 e. The van der Waals surface area contributed by atoms with Crippen molar-refractivity contribution in [3.05, 3.63) is 64.8 Å². The maximum absolute atomic E-state index is 13.9. The zero-order valence-electron chi connectivity index (χ0n) is 18.2. The van der Waals surface area contributed by atoms with Crippen molar-refractivity contribution in [2.75, 3.05) is 0 Å². The summed E-state index contributed by atoms with van der Waals surface area (Å²) in [4.78, 5) is 11.5. The number of fused-ring (bicyclic) bond motifs is 1. The van der Waals surface area contributed by atoms with Gasteiger partial charge in [0.25, 0.3) is 5.78 Å². The van der Waals surface area contributed by atoms with Gasteiger partial charge in [-0.3, -0.25) is 4.79 Å². The number of carbonyl (C=O) groups is 1. The summed E-state index contributed by atoms with van der Waals surface area (Å²) in [6.45, 7) is 3.52. The number of rotatable bonds is 6. The predicted octanol–water partition coefficient (Wildman–Crippen LogP) is 5.22. The van der Waals surface area contributed by atoms with Gasteiger partial charge in [-0.05, 0) is 38.0 Å². The van der Waals surface area contributed by atoms with Crippen molar-refractivity contribution in [1.82, 2.24) is 9.29 Å². The fraction of sp³-hybridized carbons (Fsp3) is 0.318. The molecule has 34 heavy (non-hydrogen) atoms. The number of benzene rings is 2. The number of carbonyl (C=O) groups excluding carboxylic acids is 1. The van der Waals surface area contributed by atoms with Gasteiger partial charge in [-0.15, -0.1) is 0 Å². The quantitative estimate of drug-likeness (QED) is 0.368. The highest BCUT2D eigenvalue weighted by atomic mass is 32.2. The van der Waals surface area contributed by atoms with Crippen LogP contribution in [0.15, 0.2) is 47.5 Å². The van der Waals surface area contributed by atoms with Crippen molar-refractivity contribution < 1.29 is 39.6 Å². The Morgan fingerprint density at radius 2 is 1.56 bits per heavy atom. The third kappa shape index (κ3) is 5.12. The standard InChI is InChI=1S/C22H20F6N2O3S/c1-12-8-13(2)19(14(3)9-12)34(32,33)29-18(21(23,24)25)11-30-10-16(20(31)22(26,27)28)15-6-4-5-7-17(15)30/h4-10,18,29H,11H2,1-3H3. The molecule has 0 saturated carbocycles. The van der Waals surface area contributed by atoms with Crippen LogP contribution in [-0.2, 0) is 16.6 Å². The van der Waals surface area contributed by atoms with Crippen LogP contribution in [0.5, 0.6) is 0 Å². The lowest BCUT2D eigenvalue weighted by Gasteiger charge is -2.24. The van der Waals surface area contributed by atoms with E-state index in [-0.39, 0.29) is 26.9 Å². The van der Waals surface area contributed by atoms with Crippen LogP contribution in [-0.4, -0.2) is 37.2 Å². The zero-order valence-corrected chi connectivity index (χ0v) is 19.0. The van der Waals surface area contributed by atoms with Crippen LogP contribution < -0.4 is 4.72 Å². The van der Waals surface area contributed by atoms with Crippen LogP contribution in [0.25, 0.3) is 10.9 Å². The summed E-state index contributed by atoms with van der Waals surface area (Å²) in [7, 11) is -4.66. The van der Waals surface area contributed by atoms with Crippen LogP contribution in [0, 0.1) is 20.8 Å².